The number of aryl methyl sites for hydroxylation is 2. The molecule has 2 aliphatic rings. The lowest BCUT2D eigenvalue weighted by atomic mass is 9.93. The van der Waals surface area contributed by atoms with Gasteiger partial charge < -0.3 is 19.5 Å². The molecule has 2 fully saturated rings. The quantitative estimate of drug-likeness (QED) is 0.825. The van der Waals surface area contributed by atoms with Gasteiger partial charge in [0.15, 0.2) is 0 Å². The first-order chi connectivity index (χ1) is 12.9. The number of carbonyl (C=O) groups is 1. The van der Waals surface area contributed by atoms with E-state index in [4.69, 9.17) is 21.1 Å². The fourth-order valence-electron chi connectivity index (χ4n) is 3.70. The summed E-state index contributed by atoms with van der Waals surface area (Å²) in [5, 5.41) is 11.7. The second kappa shape index (κ2) is 8.78. The van der Waals surface area contributed by atoms with Crippen LogP contribution in [0.3, 0.4) is 0 Å². The van der Waals surface area contributed by atoms with Crippen molar-refractivity contribution >= 4 is 17.5 Å². The van der Waals surface area contributed by atoms with E-state index >= 15 is 0 Å². The van der Waals surface area contributed by atoms with Crippen molar-refractivity contribution in [3.05, 3.63) is 28.3 Å². The van der Waals surface area contributed by atoms with Gasteiger partial charge in [0, 0.05) is 24.7 Å². The van der Waals surface area contributed by atoms with Crippen LogP contribution in [-0.4, -0.2) is 79.0 Å². The number of β-amino-alcohol motifs (C(OH)–C–C–N with tert-alkyl or cyclic N) is 1. The van der Waals surface area contributed by atoms with Crippen LogP contribution in [0.1, 0.15) is 24.0 Å². The Balaban J connectivity index is 1.56. The fourth-order valence-corrected chi connectivity index (χ4v) is 3.81. The van der Waals surface area contributed by atoms with E-state index < -0.39 is 5.60 Å². The summed E-state index contributed by atoms with van der Waals surface area (Å²) in [6.07, 6.45) is 1.40. The molecular weight excluding hydrogens is 368 g/mol. The van der Waals surface area contributed by atoms with Crippen molar-refractivity contribution in [2.45, 2.75) is 32.3 Å². The molecule has 0 aliphatic carbocycles. The summed E-state index contributed by atoms with van der Waals surface area (Å²) in [7, 11) is 0. The Morgan fingerprint density at radius 3 is 2.59 bits per heavy atom. The molecule has 3 rings (SSSR count). The van der Waals surface area contributed by atoms with Gasteiger partial charge in [-0.2, -0.15) is 0 Å². The lowest BCUT2D eigenvalue weighted by molar-refractivity contribution is -0.142. The van der Waals surface area contributed by atoms with Gasteiger partial charge in [0.1, 0.15) is 18.0 Å². The van der Waals surface area contributed by atoms with Crippen LogP contribution in [-0.2, 0) is 9.53 Å². The lowest BCUT2D eigenvalue weighted by Gasteiger charge is -2.40. The Bertz CT molecular complexity index is 655. The second-order valence-electron chi connectivity index (χ2n) is 7.69. The molecule has 2 heterocycles. The van der Waals surface area contributed by atoms with Crippen molar-refractivity contribution in [1.29, 1.82) is 0 Å². The molecule has 2 saturated heterocycles. The van der Waals surface area contributed by atoms with Crippen molar-refractivity contribution in [3.8, 4) is 5.75 Å². The Morgan fingerprint density at radius 2 is 1.93 bits per heavy atom. The van der Waals surface area contributed by atoms with E-state index in [0.717, 1.165) is 35.7 Å². The number of benzene rings is 1. The molecular formula is C20H29ClN2O4. The first-order valence-corrected chi connectivity index (χ1v) is 9.94. The first kappa shape index (κ1) is 20.4. The number of hydrogen-bond acceptors (Lipinski definition) is 5. The number of ether oxygens (including phenoxy) is 2. The van der Waals surface area contributed by atoms with Gasteiger partial charge in [-0.05, 0) is 49.9 Å². The molecule has 0 radical (unpaired) electrons. The minimum atomic E-state index is -1.03. The number of amides is 1. The van der Waals surface area contributed by atoms with Crippen molar-refractivity contribution in [2.75, 3.05) is 52.5 Å². The molecule has 6 nitrogen and oxygen atoms in total. The zero-order chi connectivity index (χ0) is 19.4. The first-order valence-electron chi connectivity index (χ1n) is 9.56. The second-order valence-corrected chi connectivity index (χ2v) is 8.07. The maximum absolute atomic E-state index is 12.6. The molecule has 0 saturated carbocycles. The number of rotatable bonds is 5. The summed E-state index contributed by atoms with van der Waals surface area (Å²) in [4.78, 5) is 16.5. The number of nitrogens with zero attached hydrogens (tertiary/aromatic N) is 2. The lowest BCUT2D eigenvalue weighted by Crippen LogP contribution is -2.55. The Hall–Kier alpha value is -1.34. The van der Waals surface area contributed by atoms with Crippen molar-refractivity contribution < 1.29 is 19.4 Å². The van der Waals surface area contributed by atoms with Crippen LogP contribution in [0.5, 0.6) is 5.75 Å². The normalized spacial score (nSPS) is 24.1. The molecule has 27 heavy (non-hydrogen) atoms. The summed E-state index contributed by atoms with van der Waals surface area (Å²) >= 11 is 6.20. The molecule has 1 unspecified atom stereocenters. The molecule has 0 spiro atoms. The zero-order valence-corrected chi connectivity index (χ0v) is 16.9. The predicted octanol–water partition coefficient (Wildman–Crippen LogP) is 2.02. The topological polar surface area (TPSA) is 62.2 Å². The Labute approximate surface area is 166 Å². The number of piperidine rings is 1. The Morgan fingerprint density at radius 1 is 1.26 bits per heavy atom. The van der Waals surface area contributed by atoms with E-state index in [1.54, 1.807) is 4.90 Å². The average molecular weight is 397 g/mol. The minimum Gasteiger partial charge on any atom is -0.491 e. The van der Waals surface area contributed by atoms with Gasteiger partial charge in [-0.1, -0.05) is 11.6 Å². The summed E-state index contributed by atoms with van der Waals surface area (Å²) in [6.45, 7) is 8.31. The monoisotopic (exact) mass is 396 g/mol. The molecule has 1 N–H and O–H groups in total. The van der Waals surface area contributed by atoms with E-state index in [9.17, 15) is 9.90 Å². The number of likely N-dealkylation sites (tertiary alicyclic amines) is 1. The van der Waals surface area contributed by atoms with Gasteiger partial charge >= 0.3 is 0 Å². The third kappa shape index (κ3) is 5.35. The van der Waals surface area contributed by atoms with E-state index in [-0.39, 0.29) is 12.5 Å². The number of hydrogen-bond donors (Lipinski definition) is 1. The highest BCUT2D eigenvalue weighted by Gasteiger charge is 2.36. The molecule has 2 aliphatic heterocycles. The standard InChI is InChI=1S/C20H29ClN2O4/c1-15-10-17(11-16(2)19(15)21)27-14-20(25)4-3-5-23(13-20)18(24)12-22-6-8-26-9-7-22/h10-11,25H,3-9,12-14H2,1-2H3. The van der Waals surface area contributed by atoms with E-state index in [1.165, 1.54) is 0 Å². The summed E-state index contributed by atoms with van der Waals surface area (Å²) in [6, 6.07) is 3.76. The SMILES string of the molecule is Cc1cc(OCC2(O)CCCN(C(=O)CN3CCOCC3)C2)cc(C)c1Cl. The van der Waals surface area contributed by atoms with Gasteiger partial charge in [-0.25, -0.2) is 0 Å². The molecule has 150 valence electrons. The molecule has 7 heteroatoms. The number of aliphatic hydroxyl groups is 1. The average Bonchev–Trinajstić information content (AvgIpc) is 2.65. The minimum absolute atomic E-state index is 0.0632. The van der Waals surface area contributed by atoms with Gasteiger partial charge in [0.2, 0.25) is 5.91 Å². The van der Waals surface area contributed by atoms with Crippen LogP contribution < -0.4 is 4.74 Å². The summed E-state index contributed by atoms with van der Waals surface area (Å²) in [5.41, 5.74) is 0.870. The van der Waals surface area contributed by atoms with Crippen LogP contribution in [0, 0.1) is 13.8 Å². The van der Waals surface area contributed by atoms with Gasteiger partial charge in [0.05, 0.1) is 26.3 Å². The van der Waals surface area contributed by atoms with Gasteiger partial charge in [0.25, 0.3) is 0 Å². The summed E-state index contributed by atoms with van der Waals surface area (Å²) < 4.78 is 11.2. The van der Waals surface area contributed by atoms with Crippen LogP contribution in [0.2, 0.25) is 5.02 Å². The predicted molar refractivity (Wildman–Crippen MR) is 104 cm³/mol. The molecule has 0 aromatic heterocycles. The highest BCUT2D eigenvalue weighted by atomic mass is 35.5. The van der Waals surface area contributed by atoms with E-state index in [0.29, 0.717) is 45.0 Å². The van der Waals surface area contributed by atoms with Crippen LogP contribution in [0.15, 0.2) is 12.1 Å². The maximum atomic E-state index is 12.6. The van der Waals surface area contributed by atoms with Crippen molar-refractivity contribution in [1.82, 2.24) is 9.80 Å². The molecule has 1 aromatic carbocycles. The highest BCUT2D eigenvalue weighted by molar-refractivity contribution is 6.32. The molecule has 1 aromatic rings. The summed E-state index contributed by atoms with van der Waals surface area (Å²) in [5.74, 6) is 0.757. The maximum Gasteiger partial charge on any atom is 0.236 e. The van der Waals surface area contributed by atoms with Gasteiger partial charge in [-0.15, -0.1) is 0 Å². The zero-order valence-electron chi connectivity index (χ0n) is 16.2. The number of carbonyl (C=O) groups excluding carboxylic acids is 1. The van der Waals surface area contributed by atoms with Gasteiger partial charge in [-0.3, -0.25) is 9.69 Å². The van der Waals surface area contributed by atoms with E-state index in [1.807, 2.05) is 26.0 Å². The molecule has 1 atom stereocenters. The Kier molecular flexibility index (Phi) is 6.63. The molecule has 1 amide bonds. The van der Waals surface area contributed by atoms with Crippen LogP contribution in [0.25, 0.3) is 0 Å². The highest BCUT2D eigenvalue weighted by Crippen LogP contribution is 2.28. The number of morpholine rings is 1. The van der Waals surface area contributed by atoms with Crippen LogP contribution in [0.4, 0.5) is 0 Å². The van der Waals surface area contributed by atoms with Crippen LogP contribution >= 0.6 is 11.6 Å². The van der Waals surface area contributed by atoms with E-state index in [2.05, 4.69) is 4.90 Å². The van der Waals surface area contributed by atoms with Crippen molar-refractivity contribution in [2.24, 2.45) is 0 Å². The smallest absolute Gasteiger partial charge is 0.236 e. The third-order valence-corrected chi connectivity index (χ3v) is 5.88. The fraction of sp³-hybridized carbons (Fsp3) is 0.650. The largest absolute Gasteiger partial charge is 0.491 e. The third-order valence-electron chi connectivity index (χ3n) is 5.29. The molecule has 0 bridgehead atoms. The number of halogens is 1. The van der Waals surface area contributed by atoms with Crippen molar-refractivity contribution in [3.63, 3.8) is 0 Å².